The van der Waals surface area contributed by atoms with E-state index in [1.54, 1.807) is 24.3 Å². The molecular weight excluding hydrogens is 206 g/mol. The van der Waals surface area contributed by atoms with Crippen LogP contribution >= 0.6 is 0 Å². The second-order valence-electron chi connectivity index (χ2n) is 3.83. The van der Waals surface area contributed by atoms with Crippen molar-refractivity contribution in [3.05, 3.63) is 35.4 Å². The molecule has 0 spiro atoms. The summed E-state index contributed by atoms with van der Waals surface area (Å²) < 4.78 is 0. The van der Waals surface area contributed by atoms with Crippen LogP contribution in [0.4, 0.5) is 0 Å². The number of carbonyl (C=O) groups excluding carboxylic acids is 2. The molecule has 0 radical (unpaired) electrons. The van der Waals surface area contributed by atoms with Crippen LogP contribution in [-0.4, -0.2) is 34.5 Å². The van der Waals surface area contributed by atoms with Gasteiger partial charge in [-0.25, -0.2) is 0 Å². The predicted octanol–water partition coefficient (Wildman–Crippen LogP) is 1.05. The van der Waals surface area contributed by atoms with Crippen molar-refractivity contribution >= 4 is 11.8 Å². The number of amides is 2. The zero-order chi connectivity index (χ0) is 11.7. The predicted molar refractivity (Wildman–Crippen MR) is 58.1 cm³/mol. The summed E-state index contributed by atoms with van der Waals surface area (Å²) in [7, 11) is 0. The Hall–Kier alpha value is -1.68. The van der Waals surface area contributed by atoms with Crippen LogP contribution in [0, 0.1) is 0 Å². The van der Waals surface area contributed by atoms with E-state index >= 15 is 0 Å². The molecule has 0 bridgehead atoms. The first kappa shape index (κ1) is 10.8. The largest absolute Gasteiger partial charge is 0.391 e. The molecule has 1 atom stereocenters. The van der Waals surface area contributed by atoms with Gasteiger partial charge in [0.25, 0.3) is 11.8 Å². The maximum Gasteiger partial charge on any atom is 0.261 e. The summed E-state index contributed by atoms with van der Waals surface area (Å²) in [5, 5.41) is 9.49. The number of imide groups is 1. The first-order chi connectivity index (χ1) is 7.65. The highest BCUT2D eigenvalue weighted by atomic mass is 16.3. The van der Waals surface area contributed by atoms with Gasteiger partial charge in [0.05, 0.1) is 23.8 Å². The molecular formula is C12H13NO3. The minimum Gasteiger partial charge on any atom is -0.391 e. The van der Waals surface area contributed by atoms with Crippen molar-refractivity contribution in [2.24, 2.45) is 0 Å². The van der Waals surface area contributed by atoms with Gasteiger partial charge in [0, 0.05) is 0 Å². The Bertz CT molecular complexity index is 407. The molecule has 4 nitrogen and oxygen atoms in total. The molecule has 0 unspecified atom stereocenters. The summed E-state index contributed by atoms with van der Waals surface area (Å²) in [6, 6.07) is 6.72. The summed E-state index contributed by atoms with van der Waals surface area (Å²) in [5.74, 6) is -0.624. The number of nitrogens with zero attached hydrogens (tertiary/aromatic N) is 1. The van der Waals surface area contributed by atoms with E-state index in [9.17, 15) is 14.7 Å². The molecule has 1 aromatic carbocycles. The van der Waals surface area contributed by atoms with Gasteiger partial charge in [0.1, 0.15) is 0 Å². The maximum atomic E-state index is 11.9. The van der Waals surface area contributed by atoms with Crippen molar-refractivity contribution in [2.45, 2.75) is 19.4 Å². The van der Waals surface area contributed by atoms with Crippen molar-refractivity contribution in [2.75, 3.05) is 6.54 Å². The van der Waals surface area contributed by atoms with Gasteiger partial charge < -0.3 is 5.11 Å². The van der Waals surface area contributed by atoms with Crippen molar-refractivity contribution in [3.8, 4) is 0 Å². The smallest absolute Gasteiger partial charge is 0.261 e. The highest BCUT2D eigenvalue weighted by Crippen LogP contribution is 2.22. The Labute approximate surface area is 93.5 Å². The fourth-order valence-corrected chi connectivity index (χ4v) is 1.74. The van der Waals surface area contributed by atoms with Crippen LogP contribution in [0.2, 0.25) is 0 Å². The number of carbonyl (C=O) groups is 2. The van der Waals surface area contributed by atoms with E-state index in [2.05, 4.69) is 0 Å². The standard InChI is InChI=1S/C12H13NO3/c1-2-8(14)7-13-11(15)9-5-3-4-6-10(9)12(13)16/h3-6,8,14H,2,7H2,1H3/t8-/m0/s1. The van der Waals surface area contributed by atoms with Gasteiger partial charge in [-0.2, -0.15) is 0 Å². The molecule has 1 aromatic rings. The molecule has 0 aromatic heterocycles. The first-order valence-electron chi connectivity index (χ1n) is 5.28. The quantitative estimate of drug-likeness (QED) is 0.773. The lowest BCUT2D eigenvalue weighted by Gasteiger charge is -2.16. The van der Waals surface area contributed by atoms with Crippen molar-refractivity contribution < 1.29 is 14.7 Å². The van der Waals surface area contributed by atoms with Gasteiger partial charge in [-0.3, -0.25) is 14.5 Å². The van der Waals surface area contributed by atoms with Crippen LogP contribution in [0.5, 0.6) is 0 Å². The Morgan fingerprint density at radius 2 is 1.69 bits per heavy atom. The molecule has 84 valence electrons. The SMILES string of the molecule is CC[C@H](O)CN1C(=O)c2ccccc2C1=O. The molecule has 0 saturated heterocycles. The normalized spacial score (nSPS) is 16.5. The van der Waals surface area contributed by atoms with Crippen LogP contribution in [0.25, 0.3) is 0 Å². The van der Waals surface area contributed by atoms with Gasteiger partial charge in [-0.1, -0.05) is 19.1 Å². The Balaban J connectivity index is 2.28. The molecule has 0 fully saturated rings. The van der Waals surface area contributed by atoms with Crippen LogP contribution in [0.1, 0.15) is 34.1 Å². The van der Waals surface area contributed by atoms with Gasteiger partial charge >= 0.3 is 0 Å². The minimum absolute atomic E-state index is 0.0723. The summed E-state index contributed by atoms with van der Waals surface area (Å²) in [6.45, 7) is 1.88. The summed E-state index contributed by atoms with van der Waals surface area (Å²) in [6.07, 6.45) is -0.129. The van der Waals surface area contributed by atoms with E-state index in [1.165, 1.54) is 0 Å². The van der Waals surface area contributed by atoms with Crippen molar-refractivity contribution in [1.29, 1.82) is 0 Å². The van der Waals surface area contributed by atoms with Crippen LogP contribution in [0.15, 0.2) is 24.3 Å². The molecule has 1 aliphatic heterocycles. The number of rotatable bonds is 3. The summed E-state index contributed by atoms with van der Waals surface area (Å²) >= 11 is 0. The first-order valence-corrected chi connectivity index (χ1v) is 5.28. The number of aliphatic hydroxyl groups is 1. The third kappa shape index (κ3) is 1.61. The minimum atomic E-state index is -0.651. The topological polar surface area (TPSA) is 57.6 Å². The third-order valence-electron chi connectivity index (χ3n) is 2.74. The van der Waals surface area contributed by atoms with Crippen LogP contribution in [0.3, 0.4) is 0 Å². The number of hydrogen-bond acceptors (Lipinski definition) is 3. The summed E-state index contributed by atoms with van der Waals surface area (Å²) in [4.78, 5) is 24.8. The molecule has 1 aliphatic rings. The molecule has 0 aliphatic carbocycles. The highest BCUT2D eigenvalue weighted by Gasteiger charge is 2.35. The van der Waals surface area contributed by atoms with Crippen molar-refractivity contribution in [1.82, 2.24) is 4.90 Å². The monoisotopic (exact) mass is 219 g/mol. The molecule has 4 heteroatoms. The van der Waals surface area contributed by atoms with E-state index in [0.717, 1.165) is 4.90 Å². The molecule has 2 amide bonds. The lowest BCUT2D eigenvalue weighted by Crippen LogP contribution is -2.36. The number of fused-ring (bicyclic) bond motifs is 1. The number of β-amino-alcohol motifs (C(OH)–C–C–N with tert-alkyl or cyclic N) is 1. The Kier molecular flexibility index (Phi) is 2.75. The fourth-order valence-electron chi connectivity index (χ4n) is 1.74. The van der Waals surface area contributed by atoms with Gasteiger partial charge in [-0.15, -0.1) is 0 Å². The van der Waals surface area contributed by atoms with E-state index in [4.69, 9.17) is 0 Å². The Morgan fingerprint density at radius 1 is 1.19 bits per heavy atom. The lowest BCUT2D eigenvalue weighted by atomic mass is 10.1. The molecule has 16 heavy (non-hydrogen) atoms. The second-order valence-corrected chi connectivity index (χ2v) is 3.83. The number of aliphatic hydroxyl groups excluding tert-OH is 1. The highest BCUT2D eigenvalue weighted by molar-refractivity contribution is 6.21. The van der Waals surface area contributed by atoms with E-state index in [1.807, 2.05) is 6.92 Å². The average molecular weight is 219 g/mol. The second kappa shape index (κ2) is 4.06. The van der Waals surface area contributed by atoms with E-state index in [-0.39, 0.29) is 18.4 Å². The molecule has 2 rings (SSSR count). The van der Waals surface area contributed by atoms with Crippen molar-refractivity contribution in [3.63, 3.8) is 0 Å². The van der Waals surface area contributed by atoms with Crippen LogP contribution < -0.4 is 0 Å². The lowest BCUT2D eigenvalue weighted by molar-refractivity contribution is 0.0540. The van der Waals surface area contributed by atoms with Crippen LogP contribution in [-0.2, 0) is 0 Å². The Morgan fingerprint density at radius 3 is 2.12 bits per heavy atom. The van der Waals surface area contributed by atoms with E-state index in [0.29, 0.717) is 17.5 Å². The van der Waals surface area contributed by atoms with Gasteiger partial charge in [0.15, 0.2) is 0 Å². The average Bonchev–Trinajstić information content (AvgIpc) is 2.55. The summed E-state index contributed by atoms with van der Waals surface area (Å²) in [5.41, 5.74) is 0.853. The zero-order valence-corrected chi connectivity index (χ0v) is 9.01. The fraction of sp³-hybridized carbons (Fsp3) is 0.333. The molecule has 1 N–H and O–H groups in total. The number of benzene rings is 1. The third-order valence-corrected chi connectivity index (χ3v) is 2.74. The van der Waals surface area contributed by atoms with Gasteiger partial charge in [0.2, 0.25) is 0 Å². The molecule has 0 saturated carbocycles. The van der Waals surface area contributed by atoms with Gasteiger partial charge in [-0.05, 0) is 18.6 Å². The van der Waals surface area contributed by atoms with E-state index < -0.39 is 6.10 Å². The molecule has 1 heterocycles. The zero-order valence-electron chi connectivity index (χ0n) is 9.01. The maximum absolute atomic E-state index is 11.9. The number of hydrogen-bond donors (Lipinski definition) is 1.